The molecular weight excluding hydrogens is 373 g/mol. The van der Waals surface area contributed by atoms with Gasteiger partial charge in [0.15, 0.2) is 0 Å². The molecule has 0 fully saturated rings. The molecule has 0 aliphatic heterocycles. The van der Waals surface area contributed by atoms with E-state index < -0.39 is 0 Å². The van der Waals surface area contributed by atoms with Gasteiger partial charge in [-0.3, -0.25) is 4.57 Å². The maximum absolute atomic E-state index is 9.38. The third-order valence-electron chi connectivity index (χ3n) is 3.14. The second-order valence-electron chi connectivity index (χ2n) is 4.38. The molecule has 0 amide bonds. The highest BCUT2D eigenvalue weighted by Crippen LogP contribution is 2.30. The number of rotatable bonds is 2. The minimum Gasteiger partial charge on any atom is -0.292 e. The topological polar surface area (TPSA) is 41.6 Å². The summed E-state index contributed by atoms with van der Waals surface area (Å²) in [6.45, 7) is 0. The van der Waals surface area contributed by atoms with Gasteiger partial charge in [0.05, 0.1) is 33.2 Å². The van der Waals surface area contributed by atoms with Gasteiger partial charge in [-0.1, -0.05) is 33.6 Å². The number of para-hydroxylation sites is 1. The van der Waals surface area contributed by atoms with E-state index in [0.717, 1.165) is 15.5 Å². The quantitative estimate of drug-likeness (QED) is 0.583. The molecule has 6 heteroatoms. The molecule has 3 aromatic rings. The Balaban J connectivity index is 2.42. The van der Waals surface area contributed by atoms with Crippen LogP contribution >= 0.6 is 39.1 Å². The molecule has 3 nitrogen and oxygen atoms in total. The van der Waals surface area contributed by atoms with Gasteiger partial charge >= 0.3 is 0 Å². The maximum atomic E-state index is 9.38. The van der Waals surface area contributed by atoms with Crippen molar-refractivity contribution >= 4 is 50.2 Å². The fraction of sp³-hybridized carbons (Fsp3) is 0.0667. The second-order valence-corrected chi connectivity index (χ2v) is 5.97. The second kappa shape index (κ2) is 5.69. The van der Waals surface area contributed by atoms with Gasteiger partial charge in [0.25, 0.3) is 0 Å². The summed E-state index contributed by atoms with van der Waals surface area (Å²) in [5.41, 5.74) is 2.75. The number of alkyl halides is 1. The van der Waals surface area contributed by atoms with Gasteiger partial charge < -0.3 is 0 Å². The summed E-state index contributed by atoms with van der Waals surface area (Å²) in [6.07, 6.45) is 0. The lowest BCUT2D eigenvalue weighted by atomic mass is 10.2. The summed E-state index contributed by atoms with van der Waals surface area (Å²) in [5, 5.41) is 9.95. The number of benzene rings is 2. The first-order valence-electron chi connectivity index (χ1n) is 6.07. The van der Waals surface area contributed by atoms with E-state index in [9.17, 15) is 5.26 Å². The third-order valence-corrected chi connectivity index (χ3v) is 4.17. The fourth-order valence-corrected chi connectivity index (χ4v) is 3.07. The zero-order valence-corrected chi connectivity index (χ0v) is 13.7. The predicted octanol–water partition coefficient (Wildman–Crippen LogP) is 5.05. The molecule has 0 aliphatic rings. The van der Waals surface area contributed by atoms with Crippen molar-refractivity contribution in [2.45, 2.75) is 5.88 Å². The first-order valence-corrected chi connectivity index (χ1v) is 7.78. The van der Waals surface area contributed by atoms with Gasteiger partial charge in [-0.05, 0) is 30.3 Å². The molecule has 0 atom stereocenters. The smallest absolute Gasteiger partial charge is 0.129 e. The van der Waals surface area contributed by atoms with Crippen LogP contribution in [0.4, 0.5) is 0 Å². The number of hydrogen-bond donors (Lipinski definition) is 0. The van der Waals surface area contributed by atoms with Crippen LogP contribution in [-0.4, -0.2) is 9.55 Å². The Hall–Kier alpha value is -1.54. The molecule has 1 heterocycles. The van der Waals surface area contributed by atoms with Crippen molar-refractivity contribution in [3.05, 3.63) is 57.3 Å². The van der Waals surface area contributed by atoms with Crippen molar-refractivity contribution in [1.29, 1.82) is 5.26 Å². The van der Waals surface area contributed by atoms with Crippen LogP contribution in [0.25, 0.3) is 16.7 Å². The van der Waals surface area contributed by atoms with Crippen LogP contribution in [0, 0.1) is 11.3 Å². The first-order chi connectivity index (χ1) is 10.2. The summed E-state index contributed by atoms with van der Waals surface area (Å²) in [4.78, 5) is 4.49. The highest BCUT2D eigenvalue weighted by Gasteiger charge is 2.16. The first kappa shape index (κ1) is 14.4. The lowest BCUT2D eigenvalue weighted by molar-refractivity contribution is 0.978. The predicted molar refractivity (Wildman–Crippen MR) is 88.1 cm³/mol. The van der Waals surface area contributed by atoms with Crippen molar-refractivity contribution in [2.24, 2.45) is 0 Å². The number of halogens is 3. The molecule has 0 unspecified atom stereocenters. The molecule has 0 radical (unpaired) electrons. The maximum Gasteiger partial charge on any atom is 0.129 e. The van der Waals surface area contributed by atoms with Crippen molar-refractivity contribution in [1.82, 2.24) is 9.55 Å². The van der Waals surface area contributed by atoms with Gasteiger partial charge in [0.2, 0.25) is 0 Å². The monoisotopic (exact) mass is 379 g/mol. The number of nitrogens with zero attached hydrogens (tertiary/aromatic N) is 3. The van der Waals surface area contributed by atoms with E-state index in [4.69, 9.17) is 23.2 Å². The Kier molecular flexibility index (Phi) is 3.90. The zero-order chi connectivity index (χ0) is 15.0. The van der Waals surface area contributed by atoms with Crippen molar-refractivity contribution in [3.63, 3.8) is 0 Å². The lowest BCUT2D eigenvalue weighted by Gasteiger charge is -2.11. The number of nitriles is 1. The normalized spacial score (nSPS) is 10.8. The van der Waals surface area contributed by atoms with Crippen LogP contribution < -0.4 is 0 Å². The van der Waals surface area contributed by atoms with Crippen molar-refractivity contribution in [2.75, 3.05) is 0 Å². The van der Waals surface area contributed by atoms with E-state index in [1.807, 2.05) is 28.8 Å². The highest BCUT2D eigenvalue weighted by molar-refractivity contribution is 9.10. The molecule has 1 aromatic heterocycles. The molecule has 0 saturated carbocycles. The Labute approximate surface area is 139 Å². The molecule has 2 aromatic carbocycles. The minimum absolute atomic E-state index is 0.228. The highest BCUT2D eigenvalue weighted by atomic mass is 79.9. The molecule has 0 aliphatic carbocycles. The van der Waals surface area contributed by atoms with Gasteiger partial charge in [-0.2, -0.15) is 5.26 Å². The van der Waals surface area contributed by atoms with E-state index in [1.165, 1.54) is 0 Å². The Morgan fingerprint density at radius 1 is 1.29 bits per heavy atom. The van der Waals surface area contributed by atoms with Crippen molar-refractivity contribution < 1.29 is 0 Å². The average Bonchev–Trinajstić information content (AvgIpc) is 2.87. The SMILES string of the molecule is N#Cc1cc(Br)ccc1-n1c(CCl)nc2cccc(Cl)c21. The summed E-state index contributed by atoms with van der Waals surface area (Å²) < 4.78 is 2.68. The van der Waals surface area contributed by atoms with Gasteiger partial charge in [-0.25, -0.2) is 4.98 Å². The van der Waals surface area contributed by atoms with E-state index in [0.29, 0.717) is 22.1 Å². The number of hydrogen-bond acceptors (Lipinski definition) is 2. The molecule has 3 rings (SSSR count). The van der Waals surface area contributed by atoms with Crippen LogP contribution in [0.1, 0.15) is 11.4 Å². The standard InChI is InChI=1S/C15H8BrCl2N3/c16-10-4-5-13(9(6-10)8-19)21-14(7-17)20-12-3-1-2-11(18)15(12)21/h1-6H,7H2. The number of imidazole rings is 1. The van der Waals surface area contributed by atoms with Crippen LogP contribution in [0.15, 0.2) is 40.9 Å². The Morgan fingerprint density at radius 2 is 2.10 bits per heavy atom. The summed E-state index contributed by atoms with van der Waals surface area (Å²) >= 11 is 15.7. The molecule has 104 valence electrons. The average molecular weight is 381 g/mol. The van der Waals surface area contributed by atoms with E-state index in [2.05, 4.69) is 27.0 Å². The molecular formula is C15H8BrCl2N3. The van der Waals surface area contributed by atoms with Gasteiger partial charge in [0, 0.05) is 4.47 Å². The molecule has 21 heavy (non-hydrogen) atoms. The largest absolute Gasteiger partial charge is 0.292 e. The molecule has 0 bridgehead atoms. The Bertz CT molecular complexity index is 880. The van der Waals surface area contributed by atoms with E-state index >= 15 is 0 Å². The zero-order valence-electron chi connectivity index (χ0n) is 10.6. The third kappa shape index (κ3) is 2.42. The fourth-order valence-electron chi connectivity index (χ4n) is 2.28. The van der Waals surface area contributed by atoms with Crippen LogP contribution in [-0.2, 0) is 5.88 Å². The van der Waals surface area contributed by atoms with Crippen LogP contribution in [0.3, 0.4) is 0 Å². The number of fused-ring (bicyclic) bond motifs is 1. The van der Waals surface area contributed by atoms with Crippen LogP contribution in [0.2, 0.25) is 5.02 Å². The summed E-state index contributed by atoms with van der Waals surface area (Å²) in [7, 11) is 0. The summed E-state index contributed by atoms with van der Waals surface area (Å²) in [6, 6.07) is 13.2. The van der Waals surface area contributed by atoms with Crippen LogP contribution in [0.5, 0.6) is 0 Å². The lowest BCUT2D eigenvalue weighted by Crippen LogP contribution is -2.02. The van der Waals surface area contributed by atoms with E-state index in [1.54, 1.807) is 12.1 Å². The van der Waals surface area contributed by atoms with Gasteiger partial charge in [-0.15, -0.1) is 11.6 Å². The molecule has 0 saturated heterocycles. The van der Waals surface area contributed by atoms with Gasteiger partial charge in [0.1, 0.15) is 11.9 Å². The molecule has 0 spiro atoms. The Morgan fingerprint density at radius 3 is 2.81 bits per heavy atom. The minimum atomic E-state index is 0.228. The van der Waals surface area contributed by atoms with E-state index in [-0.39, 0.29) is 5.88 Å². The number of aromatic nitrogens is 2. The van der Waals surface area contributed by atoms with Crippen molar-refractivity contribution in [3.8, 4) is 11.8 Å². The summed E-state index contributed by atoms with van der Waals surface area (Å²) in [5.74, 6) is 0.880. The molecule has 0 N–H and O–H groups in total.